The number of nitrogens with zero attached hydrogens (tertiary/aromatic N) is 1. The summed E-state index contributed by atoms with van der Waals surface area (Å²) < 4.78 is 0. The average Bonchev–Trinajstić information content (AvgIpc) is 2.79. The zero-order valence-electron chi connectivity index (χ0n) is 19.0. The van der Waals surface area contributed by atoms with Crippen molar-refractivity contribution >= 4 is 28.8 Å². The monoisotopic (exact) mass is 467 g/mol. The van der Waals surface area contributed by atoms with Gasteiger partial charge < -0.3 is 15.1 Å². The van der Waals surface area contributed by atoms with Crippen LogP contribution in [0.1, 0.15) is 41.8 Å². The van der Waals surface area contributed by atoms with E-state index in [1.165, 1.54) is 29.3 Å². The number of thioether (sulfide) groups is 1. The number of benzene rings is 2. The van der Waals surface area contributed by atoms with Crippen LogP contribution in [0.25, 0.3) is 0 Å². The summed E-state index contributed by atoms with van der Waals surface area (Å²) >= 11 is 1.35. The lowest BCUT2D eigenvalue weighted by Crippen LogP contribution is -2.56. The molecule has 4 rings (SSSR count). The van der Waals surface area contributed by atoms with E-state index in [2.05, 4.69) is 44.0 Å². The Bertz CT molecular complexity index is 1050. The molecule has 0 aromatic heterocycles. The van der Waals surface area contributed by atoms with Crippen molar-refractivity contribution in [2.75, 3.05) is 13.6 Å². The third-order valence-corrected chi connectivity index (χ3v) is 7.76. The number of fused-ring (bicyclic) bond motifs is 4. The Kier molecular flexibility index (Phi) is 7.76. The van der Waals surface area contributed by atoms with Gasteiger partial charge in [0.05, 0.1) is 0 Å². The first kappa shape index (κ1) is 24.7. The van der Waals surface area contributed by atoms with Gasteiger partial charge in [0.15, 0.2) is 0 Å². The van der Waals surface area contributed by atoms with Gasteiger partial charge in [-0.3, -0.25) is 4.79 Å². The van der Waals surface area contributed by atoms with Gasteiger partial charge in [-0.2, -0.15) is 0 Å². The van der Waals surface area contributed by atoms with Crippen molar-refractivity contribution in [3.63, 3.8) is 0 Å². The van der Waals surface area contributed by atoms with Gasteiger partial charge in [0, 0.05) is 28.7 Å². The number of likely N-dealkylation sites (N-methyl/N-ethyl adjacent to an activating group) is 1. The number of hydrogen-bond donors (Lipinski definition) is 2. The highest BCUT2D eigenvalue weighted by molar-refractivity contribution is 8.14. The molecule has 2 bridgehead atoms. The minimum atomic E-state index is -1.26. The van der Waals surface area contributed by atoms with Crippen LogP contribution in [0, 0.1) is 5.92 Å². The second-order valence-electron chi connectivity index (χ2n) is 8.79. The summed E-state index contributed by atoms with van der Waals surface area (Å²) in [6, 6.07) is 16.9. The molecule has 1 aliphatic heterocycles. The van der Waals surface area contributed by atoms with Crippen LogP contribution in [0.15, 0.2) is 65.6 Å². The number of piperidine rings is 1. The fourth-order valence-corrected chi connectivity index (χ4v) is 5.54. The number of carbonyl (C=O) groups is 3. The van der Waals surface area contributed by atoms with E-state index < -0.39 is 11.9 Å². The number of hydrogen-bond acceptors (Lipinski definition) is 5. The Morgan fingerprint density at radius 1 is 1.06 bits per heavy atom. The Morgan fingerprint density at radius 3 is 2.30 bits per heavy atom. The van der Waals surface area contributed by atoms with Gasteiger partial charge in [-0.25, -0.2) is 9.59 Å². The third kappa shape index (κ3) is 5.72. The van der Waals surface area contributed by atoms with Crippen molar-refractivity contribution in [2.45, 2.75) is 43.0 Å². The lowest BCUT2D eigenvalue weighted by atomic mass is 9.59. The molecule has 2 aromatic rings. The van der Waals surface area contributed by atoms with Crippen LogP contribution in [0.2, 0.25) is 0 Å². The Labute approximate surface area is 198 Å². The van der Waals surface area contributed by atoms with Crippen LogP contribution in [0.3, 0.4) is 0 Å². The molecule has 33 heavy (non-hydrogen) atoms. The van der Waals surface area contributed by atoms with Gasteiger partial charge in [0.25, 0.3) is 0 Å². The number of aliphatic carboxylic acids is 2. The normalized spacial score (nSPS) is 23.8. The third-order valence-electron chi connectivity index (χ3n) is 6.85. The van der Waals surface area contributed by atoms with Gasteiger partial charge in [-0.15, -0.1) is 0 Å². The van der Waals surface area contributed by atoms with Gasteiger partial charge >= 0.3 is 11.9 Å². The summed E-state index contributed by atoms with van der Waals surface area (Å²) in [5.74, 6) is -1.87. The highest BCUT2D eigenvalue weighted by Gasteiger charge is 2.47. The van der Waals surface area contributed by atoms with Crippen LogP contribution in [-0.2, 0) is 21.4 Å². The van der Waals surface area contributed by atoms with Gasteiger partial charge in [-0.1, -0.05) is 50.2 Å². The van der Waals surface area contributed by atoms with E-state index in [4.69, 9.17) is 10.2 Å². The van der Waals surface area contributed by atoms with E-state index >= 15 is 0 Å². The lowest BCUT2D eigenvalue weighted by Gasteiger charge is -2.53. The molecule has 2 aromatic carbocycles. The van der Waals surface area contributed by atoms with Crippen LogP contribution < -0.4 is 0 Å². The zero-order valence-corrected chi connectivity index (χ0v) is 19.8. The predicted molar refractivity (Wildman–Crippen MR) is 129 cm³/mol. The maximum atomic E-state index is 12.5. The largest absolute Gasteiger partial charge is 0.478 e. The minimum Gasteiger partial charge on any atom is -0.478 e. The molecule has 0 amide bonds. The molecule has 0 unspecified atom stereocenters. The number of carboxylic acid groups (broad SMARTS) is 2. The average molecular weight is 468 g/mol. The zero-order chi connectivity index (χ0) is 24.2. The Morgan fingerprint density at radius 2 is 1.70 bits per heavy atom. The first-order valence-electron chi connectivity index (χ1n) is 10.9. The lowest BCUT2D eigenvalue weighted by molar-refractivity contribution is -0.134. The van der Waals surface area contributed by atoms with Crippen molar-refractivity contribution in [3.8, 4) is 0 Å². The molecule has 0 saturated carbocycles. The summed E-state index contributed by atoms with van der Waals surface area (Å²) in [5.41, 5.74) is 3.92. The van der Waals surface area contributed by atoms with Crippen molar-refractivity contribution < 1.29 is 24.6 Å². The second kappa shape index (κ2) is 10.4. The maximum Gasteiger partial charge on any atom is 0.328 e. The number of likely N-dealkylation sites (tertiary alicyclic amines) is 1. The molecule has 1 heterocycles. The molecule has 3 atom stereocenters. The van der Waals surface area contributed by atoms with E-state index in [9.17, 15) is 14.4 Å². The molecule has 7 heteroatoms. The quantitative estimate of drug-likeness (QED) is 0.505. The summed E-state index contributed by atoms with van der Waals surface area (Å²) in [7, 11) is 2.26. The minimum absolute atomic E-state index is 0.121. The summed E-state index contributed by atoms with van der Waals surface area (Å²) in [5, 5.41) is 15.7. The number of carboxylic acids is 2. The van der Waals surface area contributed by atoms with Crippen molar-refractivity contribution in [3.05, 3.63) is 77.4 Å². The van der Waals surface area contributed by atoms with E-state index in [1.54, 1.807) is 0 Å². The van der Waals surface area contributed by atoms with Crippen molar-refractivity contribution in [1.29, 1.82) is 0 Å². The molecule has 1 fully saturated rings. The highest BCUT2D eigenvalue weighted by Crippen LogP contribution is 2.49. The molecular weight excluding hydrogens is 438 g/mol. The first-order valence-corrected chi connectivity index (χ1v) is 11.7. The summed E-state index contributed by atoms with van der Waals surface area (Å²) in [4.78, 5) is 35.2. The maximum absolute atomic E-state index is 12.5. The fourth-order valence-electron chi connectivity index (χ4n) is 4.76. The molecular formula is C26H29NO5S. The van der Waals surface area contributed by atoms with Gasteiger partial charge in [0.1, 0.15) is 0 Å². The standard InChI is InChI=1S/C22H25NOS.C4H4O4/c1-15-20-13-17-9-10-18(25-21(24)16-7-5-4-6-8-16)14-19(17)22(15,2)11-12-23(20)3;5-3(6)1-2-4(7)8/h4-10,14-15,20H,11-13H2,1-3H3;1-2H,(H,5,6)(H,7,8)/b;2-1+/t15-,20+,22+;/m0./s1. The van der Waals surface area contributed by atoms with Crippen molar-refractivity contribution in [1.82, 2.24) is 4.90 Å². The van der Waals surface area contributed by atoms with Crippen LogP contribution in [0.5, 0.6) is 0 Å². The molecule has 0 spiro atoms. The number of rotatable bonds is 4. The van der Waals surface area contributed by atoms with E-state index in [0.29, 0.717) is 24.1 Å². The summed E-state index contributed by atoms with van der Waals surface area (Å²) in [6.45, 7) is 5.98. The molecule has 1 aliphatic carbocycles. The molecule has 174 valence electrons. The smallest absolute Gasteiger partial charge is 0.328 e. The van der Waals surface area contributed by atoms with E-state index in [0.717, 1.165) is 23.4 Å². The molecule has 1 saturated heterocycles. The van der Waals surface area contributed by atoms with Crippen LogP contribution in [0.4, 0.5) is 0 Å². The molecule has 2 N–H and O–H groups in total. The van der Waals surface area contributed by atoms with Gasteiger partial charge in [0.2, 0.25) is 5.12 Å². The van der Waals surface area contributed by atoms with Gasteiger partial charge in [-0.05, 0) is 72.8 Å². The Hall–Kier alpha value is -2.90. The van der Waals surface area contributed by atoms with E-state index in [-0.39, 0.29) is 10.5 Å². The fraction of sp³-hybridized carbons (Fsp3) is 0.346. The van der Waals surface area contributed by atoms with Crippen LogP contribution >= 0.6 is 11.8 Å². The number of carbonyl (C=O) groups excluding carboxylic acids is 1. The van der Waals surface area contributed by atoms with E-state index in [1.807, 2.05) is 30.3 Å². The molecule has 2 aliphatic rings. The first-order chi connectivity index (χ1) is 15.6. The Balaban J connectivity index is 0.000000331. The SMILES string of the molecule is C[C@H]1[C@H]2Cc3ccc(SC(=O)c4ccccc4)cc3[C@]1(C)CCN2C.O=C(O)/C=C/C(=O)O. The topological polar surface area (TPSA) is 94.9 Å². The highest BCUT2D eigenvalue weighted by atomic mass is 32.2. The molecule has 0 radical (unpaired) electrons. The predicted octanol–water partition coefficient (Wildman–Crippen LogP) is 4.48. The second-order valence-corrected chi connectivity index (χ2v) is 9.84. The van der Waals surface area contributed by atoms with Crippen LogP contribution in [-0.4, -0.2) is 51.8 Å². The van der Waals surface area contributed by atoms with Crippen molar-refractivity contribution in [2.24, 2.45) is 5.92 Å². The molecule has 6 nitrogen and oxygen atoms in total. The summed E-state index contributed by atoms with van der Waals surface area (Å²) in [6.07, 6.45) is 3.43.